The summed E-state index contributed by atoms with van der Waals surface area (Å²) in [4.78, 5) is 2.45. The summed E-state index contributed by atoms with van der Waals surface area (Å²) in [6.45, 7) is 7.83. The van der Waals surface area contributed by atoms with Crippen LogP contribution >= 0.6 is 0 Å². The molecule has 14 heavy (non-hydrogen) atoms. The molecule has 2 rings (SSSR count). The fourth-order valence-corrected chi connectivity index (χ4v) is 2.16. The Bertz CT molecular complexity index is 287. The monoisotopic (exact) mass is 195 g/mol. The van der Waals surface area contributed by atoms with Gasteiger partial charge >= 0.3 is 0 Å². The summed E-state index contributed by atoms with van der Waals surface area (Å²) in [5.41, 5.74) is 0.188. The molecule has 1 saturated heterocycles. The number of hydrogen-bond donors (Lipinski definition) is 1. The smallest absolute Gasteiger partial charge is 0.165 e. The number of aromatic amines is 1. The van der Waals surface area contributed by atoms with Gasteiger partial charge < -0.3 is 0 Å². The molecule has 5 heteroatoms. The van der Waals surface area contributed by atoms with Crippen LogP contribution in [0.25, 0.3) is 0 Å². The minimum absolute atomic E-state index is 0.188. The molecular weight excluding hydrogens is 178 g/mol. The third kappa shape index (κ3) is 1.64. The lowest BCUT2D eigenvalue weighted by Crippen LogP contribution is -2.40. The van der Waals surface area contributed by atoms with Crippen LogP contribution < -0.4 is 0 Å². The van der Waals surface area contributed by atoms with Gasteiger partial charge in [0.15, 0.2) is 5.82 Å². The molecule has 0 amide bonds. The van der Waals surface area contributed by atoms with Gasteiger partial charge in [0.1, 0.15) is 0 Å². The second kappa shape index (κ2) is 3.31. The predicted molar refractivity (Wildman–Crippen MR) is 52.6 cm³/mol. The zero-order chi connectivity index (χ0) is 10.2. The van der Waals surface area contributed by atoms with Gasteiger partial charge in [0.2, 0.25) is 0 Å². The Morgan fingerprint density at radius 3 is 2.79 bits per heavy atom. The SMILES string of the molecule is CC(C)(C)N1CCC[C@@H]1c1nnn[nH]1. The number of hydrogen-bond acceptors (Lipinski definition) is 4. The van der Waals surface area contributed by atoms with Gasteiger partial charge in [-0.2, -0.15) is 0 Å². The van der Waals surface area contributed by atoms with Crippen molar-refractivity contribution in [2.24, 2.45) is 0 Å². The van der Waals surface area contributed by atoms with E-state index >= 15 is 0 Å². The van der Waals surface area contributed by atoms with Gasteiger partial charge in [0, 0.05) is 5.54 Å². The van der Waals surface area contributed by atoms with Crippen LogP contribution in [0.5, 0.6) is 0 Å². The summed E-state index contributed by atoms with van der Waals surface area (Å²) in [6.07, 6.45) is 2.37. The van der Waals surface area contributed by atoms with Crippen molar-refractivity contribution in [3.8, 4) is 0 Å². The molecule has 1 fully saturated rings. The summed E-state index contributed by atoms with van der Waals surface area (Å²) >= 11 is 0. The van der Waals surface area contributed by atoms with E-state index in [-0.39, 0.29) is 5.54 Å². The molecule has 1 aromatic rings. The maximum absolute atomic E-state index is 4.00. The van der Waals surface area contributed by atoms with Crippen molar-refractivity contribution in [2.45, 2.75) is 45.2 Å². The first-order valence-electron chi connectivity index (χ1n) is 5.09. The lowest BCUT2D eigenvalue weighted by atomic mass is 10.0. The Labute approximate surface area is 83.9 Å². The van der Waals surface area contributed by atoms with Crippen molar-refractivity contribution in [1.29, 1.82) is 0 Å². The fourth-order valence-electron chi connectivity index (χ4n) is 2.16. The second-order valence-electron chi connectivity index (χ2n) is 4.81. The first kappa shape index (κ1) is 9.58. The largest absolute Gasteiger partial charge is 0.288 e. The number of aromatic nitrogens is 4. The van der Waals surface area contributed by atoms with Crippen LogP contribution in [0.4, 0.5) is 0 Å². The first-order valence-corrected chi connectivity index (χ1v) is 5.09. The van der Waals surface area contributed by atoms with Crippen LogP contribution in [0.3, 0.4) is 0 Å². The van der Waals surface area contributed by atoms with E-state index in [1.807, 2.05) is 0 Å². The minimum atomic E-state index is 0.188. The summed E-state index contributed by atoms with van der Waals surface area (Å²) < 4.78 is 0. The topological polar surface area (TPSA) is 57.7 Å². The van der Waals surface area contributed by atoms with E-state index in [1.165, 1.54) is 6.42 Å². The predicted octanol–water partition coefficient (Wildman–Crippen LogP) is 1.14. The van der Waals surface area contributed by atoms with Crippen LogP contribution in [0.1, 0.15) is 45.5 Å². The summed E-state index contributed by atoms with van der Waals surface area (Å²) in [7, 11) is 0. The molecular formula is C9H17N5. The Morgan fingerprint density at radius 1 is 1.43 bits per heavy atom. The van der Waals surface area contributed by atoms with Crippen molar-refractivity contribution in [1.82, 2.24) is 25.5 Å². The zero-order valence-corrected chi connectivity index (χ0v) is 8.99. The third-order valence-corrected chi connectivity index (χ3v) is 2.79. The molecule has 0 saturated carbocycles. The molecule has 0 aliphatic carbocycles. The van der Waals surface area contributed by atoms with Gasteiger partial charge in [-0.3, -0.25) is 4.90 Å². The maximum atomic E-state index is 4.00. The van der Waals surface area contributed by atoms with E-state index in [2.05, 4.69) is 46.3 Å². The van der Waals surface area contributed by atoms with Crippen LogP contribution in [0.15, 0.2) is 0 Å². The number of H-pyrrole nitrogens is 1. The maximum Gasteiger partial charge on any atom is 0.165 e. The molecule has 1 atom stereocenters. The number of nitrogens with one attached hydrogen (secondary N) is 1. The highest BCUT2D eigenvalue weighted by molar-refractivity contribution is 4.98. The molecule has 1 aromatic heterocycles. The number of nitrogens with zero attached hydrogens (tertiary/aromatic N) is 4. The molecule has 1 N–H and O–H groups in total. The van der Waals surface area contributed by atoms with Gasteiger partial charge in [0.25, 0.3) is 0 Å². The Hall–Kier alpha value is -0.970. The molecule has 78 valence electrons. The molecule has 0 spiro atoms. The van der Waals surface area contributed by atoms with Crippen molar-refractivity contribution in [3.63, 3.8) is 0 Å². The van der Waals surface area contributed by atoms with Crippen LogP contribution in [0.2, 0.25) is 0 Å². The molecule has 0 radical (unpaired) electrons. The molecule has 0 bridgehead atoms. The van der Waals surface area contributed by atoms with Gasteiger partial charge in [-0.1, -0.05) is 0 Å². The van der Waals surface area contributed by atoms with Crippen molar-refractivity contribution in [2.75, 3.05) is 6.54 Å². The van der Waals surface area contributed by atoms with E-state index in [9.17, 15) is 0 Å². The average Bonchev–Trinajstić information content (AvgIpc) is 2.73. The molecule has 1 aliphatic rings. The normalized spacial score (nSPS) is 24.4. The zero-order valence-electron chi connectivity index (χ0n) is 8.99. The van der Waals surface area contributed by atoms with E-state index in [1.54, 1.807) is 0 Å². The van der Waals surface area contributed by atoms with Crippen LogP contribution in [-0.4, -0.2) is 37.6 Å². The third-order valence-electron chi connectivity index (χ3n) is 2.79. The summed E-state index contributed by atoms with van der Waals surface area (Å²) in [5.74, 6) is 0.900. The lowest BCUT2D eigenvalue weighted by Gasteiger charge is -2.35. The van der Waals surface area contributed by atoms with Crippen molar-refractivity contribution in [3.05, 3.63) is 5.82 Å². The van der Waals surface area contributed by atoms with E-state index in [4.69, 9.17) is 0 Å². The quantitative estimate of drug-likeness (QED) is 0.730. The Morgan fingerprint density at radius 2 is 2.21 bits per heavy atom. The highest BCUT2D eigenvalue weighted by Gasteiger charge is 2.35. The van der Waals surface area contributed by atoms with E-state index < -0.39 is 0 Å². The van der Waals surface area contributed by atoms with Gasteiger partial charge in [-0.15, -0.1) is 5.10 Å². The summed E-state index contributed by atoms with van der Waals surface area (Å²) in [6, 6.07) is 0.366. The summed E-state index contributed by atoms with van der Waals surface area (Å²) in [5, 5.41) is 14.1. The minimum Gasteiger partial charge on any atom is -0.288 e. The number of likely N-dealkylation sites (tertiary alicyclic amines) is 1. The van der Waals surface area contributed by atoms with Crippen molar-refractivity contribution >= 4 is 0 Å². The lowest BCUT2D eigenvalue weighted by molar-refractivity contribution is 0.117. The van der Waals surface area contributed by atoms with E-state index in [0.717, 1.165) is 18.8 Å². The Kier molecular flexibility index (Phi) is 2.26. The van der Waals surface area contributed by atoms with Gasteiger partial charge in [-0.25, -0.2) is 5.10 Å². The van der Waals surface area contributed by atoms with Gasteiger partial charge in [-0.05, 0) is 50.6 Å². The molecule has 0 unspecified atom stereocenters. The second-order valence-corrected chi connectivity index (χ2v) is 4.81. The first-order chi connectivity index (χ1) is 6.59. The molecule has 1 aliphatic heterocycles. The highest BCUT2D eigenvalue weighted by Crippen LogP contribution is 2.34. The van der Waals surface area contributed by atoms with Crippen LogP contribution in [-0.2, 0) is 0 Å². The van der Waals surface area contributed by atoms with Crippen molar-refractivity contribution < 1.29 is 0 Å². The average molecular weight is 195 g/mol. The number of tetrazole rings is 1. The number of rotatable bonds is 1. The molecule has 2 heterocycles. The van der Waals surface area contributed by atoms with Gasteiger partial charge in [0.05, 0.1) is 6.04 Å². The molecule has 5 nitrogen and oxygen atoms in total. The van der Waals surface area contributed by atoms with E-state index in [0.29, 0.717) is 6.04 Å². The molecule has 0 aromatic carbocycles. The Balaban J connectivity index is 2.20. The highest BCUT2D eigenvalue weighted by atomic mass is 15.5. The fraction of sp³-hybridized carbons (Fsp3) is 0.889. The standard InChI is InChI=1S/C9H17N5/c1-9(2,3)14-6-4-5-7(14)8-10-12-13-11-8/h7H,4-6H2,1-3H3,(H,10,11,12,13)/t7-/m1/s1. The van der Waals surface area contributed by atoms with Crippen LogP contribution in [0, 0.1) is 0 Å².